The van der Waals surface area contributed by atoms with Crippen molar-refractivity contribution in [1.29, 1.82) is 5.26 Å². The molecule has 1 amide bonds. The quantitative estimate of drug-likeness (QED) is 0.673. The summed E-state index contributed by atoms with van der Waals surface area (Å²) in [5.41, 5.74) is 11.3. The number of hydrogen-bond acceptors (Lipinski definition) is 8. The zero-order valence-corrected chi connectivity index (χ0v) is 16.1. The second-order valence-electron chi connectivity index (χ2n) is 5.67. The van der Waals surface area contributed by atoms with Crippen molar-refractivity contribution in [3.8, 4) is 17.6 Å². The summed E-state index contributed by atoms with van der Waals surface area (Å²) in [5, 5.41) is 9.72. The molecule has 1 aromatic rings. The average Bonchev–Trinajstić information content (AvgIpc) is 2.65. The number of carbonyl (C=O) groups is 2. The minimum absolute atomic E-state index is 0.0132. The molecular weight excluding hydrogens is 390 g/mol. The number of carbonyl (C=O) groups excluding carboxylic acids is 2. The third kappa shape index (κ3) is 3.97. The fraction of sp³-hybridized carbons (Fsp3) is 0.278. The van der Waals surface area contributed by atoms with Crippen LogP contribution in [0.25, 0.3) is 0 Å². The highest BCUT2D eigenvalue weighted by Gasteiger charge is 2.37. The van der Waals surface area contributed by atoms with Crippen LogP contribution in [-0.2, 0) is 19.1 Å². The van der Waals surface area contributed by atoms with E-state index in [0.29, 0.717) is 5.56 Å². The van der Waals surface area contributed by atoms with Gasteiger partial charge in [-0.1, -0.05) is 11.6 Å². The number of nitriles is 1. The lowest BCUT2D eigenvalue weighted by atomic mass is 9.83. The van der Waals surface area contributed by atoms with E-state index in [4.69, 9.17) is 42.0 Å². The predicted octanol–water partition coefficient (Wildman–Crippen LogP) is 1.47. The Morgan fingerprint density at radius 1 is 1.32 bits per heavy atom. The number of nitrogens with zero attached hydrogens (tertiary/aromatic N) is 1. The maximum atomic E-state index is 12.4. The normalized spacial score (nSPS) is 16.2. The van der Waals surface area contributed by atoms with Gasteiger partial charge in [0.1, 0.15) is 17.4 Å². The molecule has 1 aliphatic rings. The summed E-state index contributed by atoms with van der Waals surface area (Å²) in [6, 6.07) is 4.82. The van der Waals surface area contributed by atoms with E-state index in [1.54, 1.807) is 0 Å². The first-order chi connectivity index (χ1) is 13.2. The largest absolute Gasteiger partial charge is 0.493 e. The Bertz CT molecular complexity index is 932. The van der Waals surface area contributed by atoms with Crippen LogP contribution < -0.4 is 20.9 Å². The predicted molar refractivity (Wildman–Crippen MR) is 98.1 cm³/mol. The number of halogens is 1. The lowest BCUT2D eigenvalue weighted by Gasteiger charge is -2.27. The van der Waals surface area contributed by atoms with E-state index in [2.05, 4.69) is 0 Å². The molecule has 1 heterocycles. The van der Waals surface area contributed by atoms with Gasteiger partial charge in [-0.25, -0.2) is 4.79 Å². The molecule has 0 aromatic heterocycles. The second-order valence-corrected chi connectivity index (χ2v) is 6.07. The third-order valence-corrected chi connectivity index (χ3v) is 4.30. The maximum Gasteiger partial charge on any atom is 0.338 e. The summed E-state index contributed by atoms with van der Waals surface area (Å²) in [6.07, 6.45) is 0. The first kappa shape index (κ1) is 20.9. The molecule has 0 fully saturated rings. The fourth-order valence-electron chi connectivity index (χ4n) is 2.76. The van der Waals surface area contributed by atoms with Crippen molar-refractivity contribution in [2.45, 2.75) is 12.8 Å². The van der Waals surface area contributed by atoms with Crippen LogP contribution in [-0.4, -0.2) is 32.7 Å². The third-order valence-electron chi connectivity index (χ3n) is 3.97. The first-order valence-corrected chi connectivity index (χ1v) is 8.28. The number of benzene rings is 1. The van der Waals surface area contributed by atoms with E-state index < -0.39 is 17.8 Å². The van der Waals surface area contributed by atoms with Gasteiger partial charge in [0.15, 0.2) is 18.1 Å². The van der Waals surface area contributed by atoms with Gasteiger partial charge in [-0.2, -0.15) is 5.26 Å². The number of esters is 1. The Labute approximate surface area is 166 Å². The molecule has 0 radical (unpaired) electrons. The molecule has 1 aromatic carbocycles. The van der Waals surface area contributed by atoms with Gasteiger partial charge in [0.2, 0.25) is 5.88 Å². The van der Waals surface area contributed by atoms with Gasteiger partial charge in [-0.3, -0.25) is 4.79 Å². The molecular formula is C18H18ClN3O6. The summed E-state index contributed by atoms with van der Waals surface area (Å²) in [7, 11) is 2.59. The van der Waals surface area contributed by atoms with Crippen LogP contribution in [0.2, 0.25) is 5.02 Å². The lowest BCUT2D eigenvalue weighted by molar-refractivity contribution is -0.136. The van der Waals surface area contributed by atoms with Crippen molar-refractivity contribution in [3.05, 3.63) is 45.5 Å². The Kier molecular flexibility index (Phi) is 6.38. The summed E-state index contributed by atoms with van der Waals surface area (Å²) >= 11 is 6.40. The Balaban J connectivity index is 2.67. The number of ether oxygens (including phenoxy) is 4. The molecule has 0 unspecified atom stereocenters. The van der Waals surface area contributed by atoms with Gasteiger partial charge in [-0.05, 0) is 18.6 Å². The minimum Gasteiger partial charge on any atom is -0.493 e. The Morgan fingerprint density at radius 3 is 2.54 bits per heavy atom. The van der Waals surface area contributed by atoms with Crippen LogP contribution in [0, 0.1) is 11.3 Å². The van der Waals surface area contributed by atoms with E-state index in [0.717, 1.165) is 0 Å². The molecule has 0 spiro atoms. The van der Waals surface area contributed by atoms with Gasteiger partial charge in [0, 0.05) is 11.1 Å². The summed E-state index contributed by atoms with van der Waals surface area (Å²) in [6.45, 7) is 1.14. The van der Waals surface area contributed by atoms with Crippen LogP contribution in [0.15, 0.2) is 34.9 Å². The lowest BCUT2D eigenvalue weighted by Crippen LogP contribution is -2.25. The van der Waals surface area contributed by atoms with Crippen LogP contribution in [0.3, 0.4) is 0 Å². The smallest absolute Gasteiger partial charge is 0.338 e. The van der Waals surface area contributed by atoms with Crippen LogP contribution in [0.4, 0.5) is 0 Å². The fourth-order valence-corrected chi connectivity index (χ4v) is 3.02. The number of methoxy groups -OCH3 is 2. The standard InChI is InChI=1S/C18H18ClN3O6/c1-8-15(18(24)26-3)16(10(6-20)17(22)28-8)9-4-12(25-2)13(5-11(9)19)27-7-14(21)23/h4-5,16H,7,22H2,1-3H3,(H2,21,23)/t16-/m0/s1. The van der Waals surface area contributed by atoms with Gasteiger partial charge in [0.05, 0.1) is 25.7 Å². The highest BCUT2D eigenvalue weighted by atomic mass is 35.5. The topological polar surface area (TPSA) is 147 Å². The second kappa shape index (κ2) is 8.54. The SMILES string of the molecule is COC(=O)C1=C(C)OC(N)=C(C#N)[C@@H]1c1cc(OC)c(OCC(N)=O)cc1Cl. The molecule has 9 nitrogen and oxygen atoms in total. The van der Waals surface area contributed by atoms with Crippen molar-refractivity contribution in [3.63, 3.8) is 0 Å². The number of amides is 1. The first-order valence-electron chi connectivity index (χ1n) is 7.90. The molecule has 2 rings (SSSR count). The molecule has 0 saturated carbocycles. The van der Waals surface area contributed by atoms with Crippen molar-refractivity contribution >= 4 is 23.5 Å². The molecule has 0 saturated heterocycles. The number of rotatable bonds is 6. The van der Waals surface area contributed by atoms with Gasteiger partial charge < -0.3 is 30.4 Å². The van der Waals surface area contributed by atoms with Crippen molar-refractivity contribution in [2.24, 2.45) is 11.5 Å². The number of primary amides is 1. The van der Waals surface area contributed by atoms with Crippen LogP contribution in [0.5, 0.6) is 11.5 Å². The van der Waals surface area contributed by atoms with Gasteiger partial charge >= 0.3 is 5.97 Å². The van der Waals surface area contributed by atoms with E-state index in [-0.39, 0.29) is 45.9 Å². The van der Waals surface area contributed by atoms with Crippen LogP contribution in [0.1, 0.15) is 18.4 Å². The molecule has 1 aliphatic heterocycles. The zero-order chi connectivity index (χ0) is 21.0. The molecule has 10 heteroatoms. The highest BCUT2D eigenvalue weighted by Crippen LogP contribution is 2.45. The summed E-state index contributed by atoms with van der Waals surface area (Å²) < 4.78 is 20.7. The molecule has 0 bridgehead atoms. The minimum atomic E-state index is -0.946. The zero-order valence-electron chi connectivity index (χ0n) is 15.4. The number of nitrogens with two attached hydrogens (primary N) is 2. The maximum absolute atomic E-state index is 12.4. The Morgan fingerprint density at radius 2 is 2.00 bits per heavy atom. The summed E-state index contributed by atoms with van der Waals surface area (Å²) in [5.74, 6) is -1.92. The highest BCUT2D eigenvalue weighted by molar-refractivity contribution is 6.31. The van der Waals surface area contributed by atoms with Crippen molar-refractivity contribution < 1.29 is 28.5 Å². The van der Waals surface area contributed by atoms with Gasteiger partial charge in [-0.15, -0.1) is 0 Å². The van der Waals surface area contributed by atoms with Gasteiger partial charge in [0.25, 0.3) is 5.91 Å². The number of hydrogen-bond donors (Lipinski definition) is 2. The van der Waals surface area contributed by atoms with E-state index >= 15 is 0 Å². The van der Waals surface area contributed by atoms with E-state index in [9.17, 15) is 14.9 Å². The molecule has 4 N–H and O–H groups in total. The van der Waals surface area contributed by atoms with E-state index in [1.165, 1.54) is 33.3 Å². The summed E-state index contributed by atoms with van der Waals surface area (Å²) in [4.78, 5) is 23.3. The van der Waals surface area contributed by atoms with Crippen LogP contribution >= 0.6 is 11.6 Å². The number of allylic oxidation sites excluding steroid dienone is 2. The molecule has 28 heavy (non-hydrogen) atoms. The Hall–Kier alpha value is -3.38. The van der Waals surface area contributed by atoms with E-state index in [1.807, 2.05) is 6.07 Å². The molecule has 1 atom stereocenters. The monoisotopic (exact) mass is 407 g/mol. The van der Waals surface area contributed by atoms with Crippen molar-refractivity contribution in [2.75, 3.05) is 20.8 Å². The molecule has 0 aliphatic carbocycles. The average molecular weight is 408 g/mol. The molecule has 148 valence electrons. The van der Waals surface area contributed by atoms with Crippen molar-refractivity contribution in [1.82, 2.24) is 0 Å².